The van der Waals surface area contributed by atoms with E-state index in [1.165, 1.54) is 0 Å². The molecule has 6 nitrogen and oxygen atoms in total. The van der Waals surface area contributed by atoms with Crippen LogP contribution < -0.4 is 5.32 Å². The van der Waals surface area contributed by atoms with Crippen LogP contribution in [0, 0.1) is 0 Å². The summed E-state index contributed by atoms with van der Waals surface area (Å²) >= 11 is 11.9. The van der Waals surface area contributed by atoms with Crippen LogP contribution in [0.2, 0.25) is 10.0 Å². The summed E-state index contributed by atoms with van der Waals surface area (Å²) in [5.41, 5.74) is 1.51. The molecule has 0 bridgehead atoms. The fourth-order valence-corrected chi connectivity index (χ4v) is 2.54. The van der Waals surface area contributed by atoms with Crippen LogP contribution in [0.3, 0.4) is 0 Å². The highest BCUT2D eigenvalue weighted by Crippen LogP contribution is 2.29. The topological polar surface area (TPSA) is 84.1 Å². The van der Waals surface area contributed by atoms with Crippen molar-refractivity contribution in [3.63, 3.8) is 0 Å². The monoisotopic (exact) mass is 389 g/mol. The van der Waals surface area contributed by atoms with Gasteiger partial charge >= 0.3 is 5.97 Å². The maximum atomic E-state index is 12.0. The molecule has 0 aliphatic carbocycles. The van der Waals surface area contributed by atoms with Crippen molar-refractivity contribution >= 4 is 40.8 Å². The number of H-pyrrole nitrogens is 1. The molecule has 132 valence electrons. The number of hydrogen-bond acceptors (Lipinski definition) is 4. The van der Waals surface area contributed by atoms with Crippen LogP contribution >= 0.6 is 23.2 Å². The first-order valence-corrected chi connectivity index (χ1v) is 8.31. The Bertz CT molecular complexity index is 925. The maximum absolute atomic E-state index is 12.0. The predicted octanol–water partition coefficient (Wildman–Crippen LogP) is 4.18. The minimum Gasteiger partial charge on any atom is -0.452 e. The molecule has 3 aromatic rings. The van der Waals surface area contributed by atoms with Crippen LogP contribution in [0.1, 0.15) is 10.4 Å². The summed E-state index contributed by atoms with van der Waals surface area (Å²) in [7, 11) is 0. The van der Waals surface area contributed by atoms with E-state index >= 15 is 0 Å². The van der Waals surface area contributed by atoms with Crippen molar-refractivity contribution in [3.8, 4) is 11.4 Å². The number of nitrogens with one attached hydrogen (secondary N) is 2. The number of benzene rings is 2. The molecule has 0 radical (unpaired) electrons. The van der Waals surface area contributed by atoms with Crippen molar-refractivity contribution in [1.29, 1.82) is 0 Å². The zero-order valence-electron chi connectivity index (χ0n) is 13.3. The molecule has 0 saturated carbocycles. The molecule has 2 N–H and O–H groups in total. The van der Waals surface area contributed by atoms with E-state index in [1.54, 1.807) is 54.9 Å². The number of anilines is 1. The number of imidazole rings is 1. The molecule has 0 spiro atoms. The van der Waals surface area contributed by atoms with E-state index in [0.29, 0.717) is 22.1 Å². The number of carbonyl (C=O) groups excluding carboxylic acids is 2. The minimum absolute atomic E-state index is 0.224. The lowest BCUT2D eigenvalue weighted by molar-refractivity contribution is -0.119. The summed E-state index contributed by atoms with van der Waals surface area (Å²) in [6, 6.07) is 11.5. The van der Waals surface area contributed by atoms with Gasteiger partial charge in [0.25, 0.3) is 5.91 Å². The Morgan fingerprint density at radius 2 is 1.88 bits per heavy atom. The van der Waals surface area contributed by atoms with E-state index in [0.717, 1.165) is 5.56 Å². The van der Waals surface area contributed by atoms with E-state index in [-0.39, 0.29) is 5.02 Å². The molecule has 0 fully saturated rings. The molecule has 1 heterocycles. The fourth-order valence-electron chi connectivity index (χ4n) is 2.19. The Labute approximate surface area is 159 Å². The fraction of sp³-hybridized carbons (Fsp3) is 0.0556. The van der Waals surface area contributed by atoms with Gasteiger partial charge in [0.1, 0.15) is 5.82 Å². The van der Waals surface area contributed by atoms with Crippen LogP contribution in [0.5, 0.6) is 0 Å². The Morgan fingerprint density at radius 1 is 1.12 bits per heavy atom. The van der Waals surface area contributed by atoms with Crippen molar-refractivity contribution < 1.29 is 14.3 Å². The van der Waals surface area contributed by atoms with Crippen molar-refractivity contribution in [2.24, 2.45) is 0 Å². The van der Waals surface area contributed by atoms with Crippen LogP contribution in [0.25, 0.3) is 11.4 Å². The second-order valence-corrected chi connectivity index (χ2v) is 6.03. The molecule has 0 aliphatic rings. The highest BCUT2D eigenvalue weighted by atomic mass is 35.5. The minimum atomic E-state index is -0.608. The number of ether oxygens (including phenoxy) is 1. The number of amides is 1. The number of rotatable bonds is 5. The average Bonchev–Trinajstić information content (AvgIpc) is 3.18. The van der Waals surface area contributed by atoms with Gasteiger partial charge in [-0.05, 0) is 24.3 Å². The molecule has 8 heteroatoms. The summed E-state index contributed by atoms with van der Waals surface area (Å²) in [5, 5.41) is 3.08. The molecule has 2 aromatic carbocycles. The second kappa shape index (κ2) is 8.03. The summed E-state index contributed by atoms with van der Waals surface area (Å²) < 4.78 is 5.01. The normalized spacial score (nSPS) is 10.4. The van der Waals surface area contributed by atoms with Gasteiger partial charge < -0.3 is 15.0 Å². The van der Waals surface area contributed by atoms with Crippen molar-refractivity contribution in [1.82, 2.24) is 9.97 Å². The molecule has 1 aromatic heterocycles. The molecule has 0 aliphatic heterocycles. The Morgan fingerprint density at radius 3 is 2.58 bits per heavy atom. The van der Waals surface area contributed by atoms with Crippen LogP contribution in [-0.4, -0.2) is 28.5 Å². The van der Waals surface area contributed by atoms with E-state index in [9.17, 15) is 9.59 Å². The standard InChI is InChI=1S/C18H13Cl2N3O3/c19-13-2-1-3-14(16(13)20)23-15(24)10-26-18(25)12-6-4-11(5-7-12)17-21-8-9-22-17/h1-9H,10H2,(H,21,22)(H,23,24). The quantitative estimate of drug-likeness (QED) is 0.641. The Hall–Kier alpha value is -2.83. The highest BCUT2D eigenvalue weighted by Gasteiger charge is 2.13. The third-order valence-corrected chi connectivity index (χ3v) is 4.27. The first-order chi connectivity index (χ1) is 12.5. The van der Waals surface area contributed by atoms with Crippen LogP contribution in [-0.2, 0) is 9.53 Å². The Kier molecular flexibility index (Phi) is 5.55. The zero-order chi connectivity index (χ0) is 18.5. The second-order valence-electron chi connectivity index (χ2n) is 5.24. The molecule has 0 saturated heterocycles. The number of carbonyl (C=O) groups is 2. The van der Waals surface area contributed by atoms with Gasteiger partial charge in [0.2, 0.25) is 0 Å². The lowest BCUT2D eigenvalue weighted by Crippen LogP contribution is -2.21. The van der Waals surface area contributed by atoms with Crippen molar-refractivity contribution in [2.45, 2.75) is 0 Å². The van der Waals surface area contributed by atoms with E-state index in [4.69, 9.17) is 27.9 Å². The van der Waals surface area contributed by atoms with Gasteiger partial charge in [0.05, 0.1) is 21.3 Å². The summed E-state index contributed by atoms with van der Waals surface area (Å²) in [4.78, 5) is 31.1. The molecule has 3 rings (SSSR count). The molecule has 0 atom stereocenters. The van der Waals surface area contributed by atoms with Crippen LogP contribution in [0.4, 0.5) is 5.69 Å². The average molecular weight is 390 g/mol. The number of halogens is 2. The largest absolute Gasteiger partial charge is 0.452 e. The van der Waals surface area contributed by atoms with Crippen molar-refractivity contribution in [2.75, 3.05) is 11.9 Å². The molecule has 0 unspecified atom stereocenters. The number of aromatic amines is 1. The summed E-state index contributed by atoms with van der Waals surface area (Å²) in [6.07, 6.45) is 3.35. The molecular weight excluding hydrogens is 377 g/mol. The number of aromatic nitrogens is 2. The first kappa shape index (κ1) is 18.0. The molecule has 1 amide bonds. The summed E-state index contributed by atoms with van der Waals surface area (Å²) in [6.45, 7) is -0.443. The third kappa shape index (κ3) is 4.22. The van der Waals surface area contributed by atoms with E-state index in [1.807, 2.05) is 0 Å². The smallest absolute Gasteiger partial charge is 0.338 e. The lowest BCUT2D eigenvalue weighted by Gasteiger charge is -2.09. The first-order valence-electron chi connectivity index (χ1n) is 7.55. The third-order valence-electron chi connectivity index (χ3n) is 3.45. The maximum Gasteiger partial charge on any atom is 0.338 e. The number of esters is 1. The van der Waals surface area contributed by atoms with Gasteiger partial charge in [0.15, 0.2) is 6.61 Å². The summed E-state index contributed by atoms with van der Waals surface area (Å²) in [5.74, 6) is -0.430. The Balaban J connectivity index is 1.56. The SMILES string of the molecule is O=C(COC(=O)c1ccc(-c2ncc[nH]2)cc1)Nc1cccc(Cl)c1Cl. The predicted molar refractivity (Wildman–Crippen MR) is 99.4 cm³/mol. The van der Waals surface area contributed by atoms with E-state index in [2.05, 4.69) is 15.3 Å². The van der Waals surface area contributed by atoms with Gasteiger partial charge in [-0.1, -0.05) is 41.4 Å². The van der Waals surface area contributed by atoms with Gasteiger partial charge in [-0.2, -0.15) is 0 Å². The van der Waals surface area contributed by atoms with Gasteiger partial charge in [-0.15, -0.1) is 0 Å². The van der Waals surface area contributed by atoms with Gasteiger partial charge in [0, 0.05) is 18.0 Å². The number of nitrogens with zero attached hydrogens (tertiary/aromatic N) is 1. The van der Waals surface area contributed by atoms with E-state index < -0.39 is 18.5 Å². The molecular formula is C18H13Cl2N3O3. The van der Waals surface area contributed by atoms with Crippen molar-refractivity contribution in [3.05, 3.63) is 70.5 Å². The number of hydrogen-bond donors (Lipinski definition) is 2. The van der Waals surface area contributed by atoms with Crippen LogP contribution in [0.15, 0.2) is 54.9 Å². The highest BCUT2D eigenvalue weighted by molar-refractivity contribution is 6.44. The van der Waals surface area contributed by atoms with Gasteiger partial charge in [-0.25, -0.2) is 9.78 Å². The molecule has 26 heavy (non-hydrogen) atoms. The lowest BCUT2D eigenvalue weighted by atomic mass is 10.1. The zero-order valence-corrected chi connectivity index (χ0v) is 14.8. The van der Waals surface area contributed by atoms with Gasteiger partial charge in [-0.3, -0.25) is 4.79 Å².